The summed E-state index contributed by atoms with van der Waals surface area (Å²) in [5.74, 6) is 0.478. The first-order chi connectivity index (χ1) is 9.75. The Labute approximate surface area is 121 Å². The van der Waals surface area contributed by atoms with Crippen LogP contribution in [0.1, 0.15) is 12.8 Å². The molecule has 1 saturated heterocycles. The molecule has 2 N–H and O–H groups in total. The maximum atomic E-state index is 12.4. The van der Waals surface area contributed by atoms with Crippen LogP contribution >= 0.6 is 0 Å². The van der Waals surface area contributed by atoms with Crippen molar-refractivity contribution in [2.75, 3.05) is 24.5 Å². The first kappa shape index (κ1) is 16.1. The molecule has 0 atom stereocenters. The van der Waals surface area contributed by atoms with Crippen LogP contribution in [-0.4, -0.2) is 33.6 Å². The third-order valence-corrected chi connectivity index (χ3v) is 5.27. The fourth-order valence-corrected chi connectivity index (χ4v) is 3.16. The van der Waals surface area contributed by atoms with Gasteiger partial charge in [0.05, 0.1) is 4.90 Å². The Bertz CT molecular complexity index is 576. The van der Waals surface area contributed by atoms with E-state index < -0.39 is 20.2 Å². The number of hydrogen-bond acceptors (Lipinski definition) is 4. The second kappa shape index (κ2) is 5.84. The molecule has 0 bridgehead atoms. The molecule has 1 aromatic rings. The Hall–Kier alpha value is -1.28. The van der Waals surface area contributed by atoms with Gasteiger partial charge in [0, 0.05) is 18.8 Å². The molecule has 0 unspecified atom stereocenters. The third-order valence-electron chi connectivity index (χ3n) is 3.76. The number of piperidine rings is 1. The molecule has 0 spiro atoms. The lowest BCUT2D eigenvalue weighted by Crippen LogP contribution is -2.36. The molecule has 4 nitrogen and oxygen atoms in total. The van der Waals surface area contributed by atoms with Gasteiger partial charge in [0.25, 0.3) is 9.84 Å². The van der Waals surface area contributed by atoms with Gasteiger partial charge in [0.2, 0.25) is 0 Å². The Morgan fingerprint density at radius 3 is 2.10 bits per heavy atom. The summed E-state index contributed by atoms with van der Waals surface area (Å²) in [6.45, 7) is 2.18. The summed E-state index contributed by atoms with van der Waals surface area (Å²) in [4.78, 5) is 1.30. The van der Waals surface area contributed by atoms with Gasteiger partial charge in [-0.15, -0.1) is 0 Å². The SMILES string of the molecule is NCC1CCN(c2ccc(S(=O)(=O)C(F)(F)F)cc2)CC1. The predicted octanol–water partition coefficient (Wildman–Crippen LogP) is 2.16. The van der Waals surface area contributed by atoms with Crippen molar-refractivity contribution in [3.63, 3.8) is 0 Å². The third kappa shape index (κ3) is 3.32. The first-order valence-corrected chi connectivity index (χ1v) is 8.10. The summed E-state index contributed by atoms with van der Waals surface area (Å²) < 4.78 is 59.9. The number of nitrogens with zero attached hydrogens (tertiary/aromatic N) is 1. The van der Waals surface area contributed by atoms with E-state index in [2.05, 4.69) is 0 Å². The lowest BCUT2D eigenvalue weighted by molar-refractivity contribution is -0.0436. The Morgan fingerprint density at radius 2 is 1.67 bits per heavy atom. The van der Waals surface area contributed by atoms with Crippen molar-refractivity contribution in [1.29, 1.82) is 0 Å². The number of alkyl halides is 3. The number of rotatable bonds is 3. The van der Waals surface area contributed by atoms with Gasteiger partial charge in [-0.1, -0.05) is 0 Å². The summed E-state index contributed by atoms with van der Waals surface area (Å²) in [7, 11) is -5.27. The van der Waals surface area contributed by atoms with E-state index in [1.807, 2.05) is 4.90 Å². The molecule has 1 aliphatic heterocycles. The number of sulfone groups is 1. The lowest BCUT2D eigenvalue weighted by Gasteiger charge is -2.33. The fraction of sp³-hybridized carbons (Fsp3) is 0.538. The highest BCUT2D eigenvalue weighted by molar-refractivity contribution is 7.92. The van der Waals surface area contributed by atoms with Gasteiger partial charge in [-0.25, -0.2) is 8.42 Å². The Morgan fingerprint density at radius 1 is 1.14 bits per heavy atom. The van der Waals surface area contributed by atoms with Crippen LogP contribution in [0.2, 0.25) is 0 Å². The molecular weight excluding hydrogens is 305 g/mol. The van der Waals surface area contributed by atoms with Crippen molar-refractivity contribution in [2.45, 2.75) is 23.2 Å². The highest BCUT2D eigenvalue weighted by atomic mass is 32.2. The number of benzene rings is 1. The van der Waals surface area contributed by atoms with Crippen LogP contribution in [-0.2, 0) is 9.84 Å². The van der Waals surface area contributed by atoms with E-state index in [-0.39, 0.29) is 0 Å². The zero-order valence-electron chi connectivity index (χ0n) is 11.3. The average molecular weight is 322 g/mol. The second-order valence-electron chi connectivity index (χ2n) is 5.11. The highest BCUT2D eigenvalue weighted by Crippen LogP contribution is 2.31. The van der Waals surface area contributed by atoms with Gasteiger partial charge in [0.1, 0.15) is 0 Å². The van der Waals surface area contributed by atoms with Crippen molar-refractivity contribution in [3.05, 3.63) is 24.3 Å². The normalized spacial score (nSPS) is 18.0. The molecule has 118 valence electrons. The summed E-state index contributed by atoms with van der Waals surface area (Å²) in [6, 6.07) is 4.85. The van der Waals surface area contributed by atoms with E-state index in [0.29, 0.717) is 12.5 Å². The van der Waals surface area contributed by atoms with E-state index in [0.717, 1.165) is 43.8 Å². The predicted molar refractivity (Wildman–Crippen MR) is 73.7 cm³/mol. The zero-order valence-corrected chi connectivity index (χ0v) is 12.1. The molecule has 21 heavy (non-hydrogen) atoms. The minimum atomic E-state index is -5.27. The maximum Gasteiger partial charge on any atom is 0.501 e. The van der Waals surface area contributed by atoms with E-state index in [4.69, 9.17) is 5.73 Å². The van der Waals surface area contributed by atoms with Crippen molar-refractivity contribution in [3.8, 4) is 0 Å². The smallest absolute Gasteiger partial charge is 0.372 e. The van der Waals surface area contributed by atoms with Gasteiger partial charge in [-0.3, -0.25) is 0 Å². The number of halogens is 3. The van der Waals surface area contributed by atoms with Gasteiger partial charge in [-0.2, -0.15) is 13.2 Å². The minimum absolute atomic E-state index is 0.478. The molecule has 8 heteroatoms. The molecule has 1 aliphatic rings. The molecule has 0 radical (unpaired) electrons. The van der Waals surface area contributed by atoms with Crippen LogP contribution in [0.25, 0.3) is 0 Å². The minimum Gasteiger partial charge on any atom is -0.372 e. The zero-order chi connectivity index (χ0) is 15.7. The molecule has 1 fully saturated rings. The summed E-state index contributed by atoms with van der Waals surface area (Å²) in [6.07, 6.45) is 1.86. The standard InChI is InChI=1S/C13H17F3N2O2S/c14-13(15,16)21(19,20)12-3-1-11(2-4-12)18-7-5-10(9-17)6-8-18/h1-4,10H,5-9,17H2. The summed E-state index contributed by atoms with van der Waals surface area (Å²) >= 11 is 0. The lowest BCUT2D eigenvalue weighted by atomic mass is 9.97. The summed E-state index contributed by atoms with van der Waals surface area (Å²) in [5, 5.41) is 0. The average Bonchev–Trinajstić information content (AvgIpc) is 2.46. The Balaban J connectivity index is 2.14. The van der Waals surface area contributed by atoms with Crippen LogP contribution in [0.15, 0.2) is 29.2 Å². The van der Waals surface area contributed by atoms with Crippen LogP contribution in [0, 0.1) is 5.92 Å². The van der Waals surface area contributed by atoms with Gasteiger partial charge < -0.3 is 10.6 Å². The van der Waals surface area contributed by atoms with Crippen molar-refractivity contribution >= 4 is 15.5 Å². The molecular formula is C13H17F3N2O2S. The Kier molecular flexibility index (Phi) is 4.48. The van der Waals surface area contributed by atoms with Gasteiger partial charge >= 0.3 is 5.51 Å². The molecule has 0 aliphatic carbocycles. The maximum absolute atomic E-state index is 12.4. The van der Waals surface area contributed by atoms with E-state index in [1.54, 1.807) is 0 Å². The number of hydrogen-bond donors (Lipinski definition) is 1. The van der Waals surface area contributed by atoms with Crippen molar-refractivity contribution in [2.24, 2.45) is 11.7 Å². The first-order valence-electron chi connectivity index (χ1n) is 6.62. The number of anilines is 1. The van der Waals surface area contributed by atoms with Gasteiger partial charge in [-0.05, 0) is 49.6 Å². The van der Waals surface area contributed by atoms with Crippen molar-refractivity contribution < 1.29 is 21.6 Å². The molecule has 2 rings (SSSR count). The quantitative estimate of drug-likeness (QED) is 0.926. The highest BCUT2D eigenvalue weighted by Gasteiger charge is 2.46. The van der Waals surface area contributed by atoms with Crippen LogP contribution in [0.5, 0.6) is 0 Å². The monoisotopic (exact) mass is 322 g/mol. The van der Waals surface area contributed by atoms with E-state index in [9.17, 15) is 21.6 Å². The fourth-order valence-electron chi connectivity index (χ4n) is 2.40. The molecule has 1 heterocycles. The largest absolute Gasteiger partial charge is 0.501 e. The molecule has 1 aromatic carbocycles. The summed E-state index contributed by atoms with van der Waals surface area (Å²) in [5.41, 5.74) is 1.06. The molecule has 0 amide bonds. The van der Waals surface area contributed by atoms with Crippen LogP contribution in [0.3, 0.4) is 0 Å². The molecule has 0 aromatic heterocycles. The van der Waals surface area contributed by atoms with Crippen molar-refractivity contribution in [1.82, 2.24) is 0 Å². The number of nitrogens with two attached hydrogens (primary N) is 1. The van der Waals surface area contributed by atoms with Crippen LogP contribution in [0.4, 0.5) is 18.9 Å². The van der Waals surface area contributed by atoms with E-state index >= 15 is 0 Å². The second-order valence-corrected chi connectivity index (χ2v) is 7.05. The van der Waals surface area contributed by atoms with E-state index in [1.165, 1.54) is 12.1 Å². The molecule has 0 saturated carbocycles. The van der Waals surface area contributed by atoms with Crippen LogP contribution < -0.4 is 10.6 Å². The topological polar surface area (TPSA) is 63.4 Å². The van der Waals surface area contributed by atoms with Gasteiger partial charge in [0.15, 0.2) is 0 Å².